The first-order chi connectivity index (χ1) is 10.8. The van der Waals surface area contributed by atoms with Gasteiger partial charge in [-0.25, -0.2) is 0 Å². The molecule has 0 amide bonds. The van der Waals surface area contributed by atoms with Crippen LogP contribution < -0.4 is 0 Å². The van der Waals surface area contributed by atoms with E-state index in [1.807, 2.05) is 6.21 Å². The van der Waals surface area contributed by atoms with Crippen molar-refractivity contribution in [3.63, 3.8) is 0 Å². The second-order valence-corrected chi connectivity index (χ2v) is 6.07. The molecule has 3 rings (SSSR count). The Labute approximate surface area is 155 Å². The molecule has 3 atom stereocenters. The van der Waals surface area contributed by atoms with Crippen LogP contribution in [0.15, 0.2) is 46.4 Å². The van der Waals surface area contributed by atoms with Gasteiger partial charge in [0.1, 0.15) is 0 Å². The maximum absolute atomic E-state index is 4.78. The second kappa shape index (κ2) is 10.2. The summed E-state index contributed by atoms with van der Waals surface area (Å²) in [6.45, 7) is 4.44. The molecule has 128 valence electrons. The number of benzene rings is 1. The Balaban J connectivity index is 0.000000849. The molecule has 1 aromatic rings. The summed E-state index contributed by atoms with van der Waals surface area (Å²) >= 11 is 2.22. The van der Waals surface area contributed by atoms with Gasteiger partial charge in [0.25, 0.3) is 0 Å². The molecule has 0 saturated heterocycles. The molecule has 1 heterocycles. The standard InChI is InChI=1S/C18H22N2.CH3.ClH.Pd/c1-13(2)16-7-3-4-8-17(16)20-12-15-10-9-14-6-5-11-19-18(14)15;;;/h3-8,11-15,18H,9-10H2,1-2H3;1H3;1H;/q;-1;;+2/p-1. The summed E-state index contributed by atoms with van der Waals surface area (Å²) in [6, 6.07) is 8.86. The number of aliphatic imine (C=N–C) groups is 2. The van der Waals surface area contributed by atoms with E-state index in [1.54, 1.807) is 0 Å². The Morgan fingerprint density at radius 2 is 2.00 bits per heavy atom. The number of hydrogen-bond donors (Lipinski definition) is 0. The number of halogens is 1. The fourth-order valence-corrected chi connectivity index (χ4v) is 3.25. The molecular formula is C19H25ClN2Pd. The summed E-state index contributed by atoms with van der Waals surface area (Å²) in [4.78, 5) is 9.42. The van der Waals surface area contributed by atoms with Crippen LogP contribution in [0.5, 0.6) is 0 Å². The monoisotopic (exact) mass is 422 g/mol. The fraction of sp³-hybridized carbons (Fsp3) is 0.421. The van der Waals surface area contributed by atoms with Gasteiger partial charge >= 0.3 is 27.7 Å². The predicted molar refractivity (Wildman–Crippen MR) is 98.6 cm³/mol. The van der Waals surface area contributed by atoms with E-state index < -0.39 is 0 Å². The zero-order valence-electron chi connectivity index (χ0n) is 13.9. The summed E-state index contributed by atoms with van der Waals surface area (Å²) in [5, 5.41) is 0. The van der Waals surface area contributed by atoms with Crippen molar-refractivity contribution in [1.82, 2.24) is 0 Å². The van der Waals surface area contributed by atoms with Gasteiger partial charge < -0.3 is 7.43 Å². The molecule has 0 radical (unpaired) electrons. The average Bonchev–Trinajstić information content (AvgIpc) is 2.98. The number of hydrogen-bond acceptors (Lipinski definition) is 2. The fourth-order valence-electron chi connectivity index (χ4n) is 3.25. The first-order valence-electron chi connectivity index (χ1n) is 7.70. The molecule has 1 aromatic carbocycles. The van der Waals surface area contributed by atoms with Gasteiger partial charge in [-0.15, -0.1) is 0 Å². The molecule has 23 heavy (non-hydrogen) atoms. The Bertz CT molecular complexity index is 566. The van der Waals surface area contributed by atoms with Gasteiger partial charge in [0.05, 0.1) is 11.7 Å². The number of para-hydroxylation sites is 1. The molecule has 4 heteroatoms. The number of dihydropyridines is 1. The van der Waals surface area contributed by atoms with E-state index in [9.17, 15) is 0 Å². The van der Waals surface area contributed by atoms with Crippen LogP contribution in [-0.4, -0.2) is 18.5 Å². The van der Waals surface area contributed by atoms with Crippen LogP contribution >= 0.6 is 9.53 Å². The summed E-state index contributed by atoms with van der Waals surface area (Å²) in [5.41, 5.74) is 2.44. The van der Waals surface area contributed by atoms with E-state index >= 15 is 0 Å². The van der Waals surface area contributed by atoms with Crippen molar-refractivity contribution < 1.29 is 18.2 Å². The van der Waals surface area contributed by atoms with Gasteiger partial charge in [-0.1, -0.05) is 38.1 Å². The van der Waals surface area contributed by atoms with E-state index in [-0.39, 0.29) is 7.43 Å². The average molecular weight is 423 g/mol. The van der Waals surface area contributed by atoms with Crippen molar-refractivity contribution in [3.05, 3.63) is 49.4 Å². The zero-order chi connectivity index (χ0) is 15.9. The van der Waals surface area contributed by atoms with Crippen LogP contribution in [0.1, 0.15) is 38.2 Å². The van der Waals surface area contributed by atoms with Crippen molar-refractivity contribution >= 4 is 27.6 Å². The van der Waals surface area contributed by atoms with Gasteiger partial charge in [0, 0.05) is 24.3 Å². The molecule has 2 nitrogen and oxygen atoms in total. The SMILES string of the molecule is CC(C)c1ccccc1N=CC1CCC2C=CC=NC21.[CH3-].[Cl][Pd+]. The summed E-state index contributed by atoms with van der Waals surface area (Å²) in [5.74, 6) is 1.62. The van der Waals surface area contributed by atoms with Gasteiger partial charge in [-0.2, -0.15) is 0 Å². The van der Waals surface area contributed by atoms with Crippen LogP contribution in [0.2, 0.25) is 0 Å². The van der Waals surface area contributed by atoms with E-state index in [0.717, 1.165) is 5.69 Å². The molecule has 0 spiro atoms. The van der Waals surface area contributed by atoms with Crippen LogP contribution in [0, 0.1) is 19.3 Å². The first kappa shape index (κ1) is 20.3. The Hall–Kier alpha value is -0.748. The second-order valence-electron chi connectivity index (χ2n) is 6.07. The third-order valence-electron chi connectivity index (χ3n) is 4.38. The number of fused-ring (bicyclic) bond motifs is 1. The van der Waals surface area contributed by atoms with Crippen LogP contribution in [0.25, 0.3) is 0 Å². The third kappa shape index (κ3) is 5.11. The third-order valence-corrected chi connectivity index (χ3v) is 4.38. The molecule has 1 fully saturated rings. The molecule has 1 aliphatic carbocycles. The number of rotatable bonds is 3. The van der Waals surface area contributed by atoms with Crippen molar-refractivity contribution in [2.45, 2.75) is 38.6 Å². The van der Waals surface area contributed by atoms with Crippen LogP contribution in [-0.2, 0) is 18.2 Å². The molecular weight excluding hydrogens is 398 g/mol. The molecule has 0 aromatic heterocycles. The Morgan fingerprint density at radius 1 is 1.26 bits per heavy atom. The van der Waals surface area contributed by atoms with Crippen molar-refractivity contribution in [3.8, 4) is 0 Å². The summed E-state index contributed by atoms with van der Waals surface area (Å²) in [6.07, 6.45) is 10.9. The Kier molecular flexibility index (Phi) is 8.99. The predicted octanol–water partition coefficient (Wildman–Crippen LogP) is 5.68. The van der Waals surface area contributed by atoms with E-state index in [2.05, 4.69) is 89.2 Å². The zero-order valence-corrected chi connectivity index (χ0v) is 16.2. The van der Waals surface area contributed by atoms with E-state index in [1.165, 1.54) is 18.4 Å². The molecule has 1 aliphatic heterocycles. The van der Waals surface area contributed by atoms with E-state index in [0.29, 0.717) is 23.8 Å². The Morgan fingerprint density at radius 3 is 2.74 bits per heavy atom. The van der Waals surface area contributed by atoms with Gasteiger partial charge in [-0.3, -0.25) is 9.98 Å². The summed E-state index contributed by atoms with van der Waals surface area (Å²) < 4.78 is 0. The minimum absolute atomic E-state index is 0. The number of nitrogens with zero attached hydrogens (tertiary/aromatic N) is 2. The molecule has 0 bridgehead atoms. The first-order valence-corrected chi connectivity index (χ1v) is 9.71. The maximum atomic E-state index is 4.78. The van der Waals surface area contributed by atoms with Gasteiger partial charge in [0.2, 0.25) is 0 Å². The van der Waals surface area contributed by atoms with Crippen LogP contribution in [0.3, 0.4) is 0 Å². The summed E-state index contributed by atoms with van der Waals surface area (Å²) in [7, 11) is 4.49. The van der Waals surface area contributed by atoms with Gasteiger partial charge in [0.15, 0.2) is 0 Å². The topological polar surface area (TPSA) is 24.7 Å². The molecule has 3 unspecified atom stereocenters. The van der Waals surface area contributed by atoms with Crippen molar-refractivity contribution in [2.75, 3.05) is 0 Å². The molecule has 0 N–H and O–H groups in total. The number of allylic oxidation sites excluding steroid dienone is 1. The van der Waals surface area contributed by atoms with Crippen molar-refractivity contribution in [2.24, 2.45) is 21.8 Å². The molecule has 1 saturated carbocycles. The minimum atomic E-state index is 0. The quantitative estimate of drug-likeness (QED) is 0.339. The molecule has 2 aliphatic rings. The van der Waals surface area contributed by atoms with Gasteiger partial charge in [-0.05, 0) is 36.5 Å². The van der Waals surface area contributed by atoms with Crippen molar-refractivity contribution in [1.29, 1.82) is 0 Å². The normalized spacial score (nSPS) is 25.0. The van der Waals surface area contributed by atoms with E-state index in [4.69, 9.17) is 4.99 Å². The van der Waals surface area contributed by atoms with Crippen LogP contribution in [0.4, 0.5) is 5.69 Å².